The summed E-state index contributed by atoms with van der Waals surface area (Å²) in [5.41, 5.74) is 2.34. The van der Waals surface area contributed by atoms with Gasteiger partial charge in [-0.15, -0.1) is 0 Å². The number of aliphatic hydroxyl groups is 2. The summed E-state index contributed by atoms with van der Waals surface area (Å²) in [4.78, 5) is 0. The summed E-state index contributed by atoms with van der Waals surface area (Å²) < 4.78 is 0. The highest BCUT2D eigenvalue weighted by molar-refractivity contribution is 5.60. The van der Waals surface area contributed by atoms with Crippen LogP contribution in [0, 0.1) is 0 Å². The fraction of sp³-hybridized carbons (Fsp3) is 0.273. The molecular formula is C11H16O2. The largest absolute Gasteiger partial charge is 0.394 e. The Labute approximate surface area is 79.2 Å². The average Bonchev–Trinajstić information content (AvgIpc) is 2.19. The lowest BCUT2D eigenvalue weighted by Crippen LogP contribution is -1.85. The van der Waals surface area contributed by atoms with E-state index in [2.05, 4.69) is 18.7 Å². The summed E-state index contributed by atoms with van der Waals surface area (Å²) in [6.07, 6.45) is 0. The van der Waals surface area contributed by atoms with E-state index in [0.29, 0.717) is 0 Å². The highest BCUT2D eigenvalue weighted by Gasteiger charge is 1.86. The number of aliphatic hydroxyl groups excluding tert-OH is 2. The highest BCUT2D eigenvalue weighted by Crippen LogP contribution is 2.08. The summed E-state index contributed by atoms with van der Waals surface area (Å²) in [6.45, 7) is 5.58. The quantitative estimate of drug-likeness (QED) is 0.727. The number of benzene rings is 1. The fourth-order valence-corrected chi connectivity index (χ4v) is 0.723. The van der Waals surface area contributed by atoms with Gasteiger partial charge in [0.1, 0.15) is 0 Å². The Bertz CT molecular complexity index is 227. The standard InChI is InChI=1S/C9H10.C2H6O2/c1-8(2)9-6-4-3-5-7-9;3-1-2-4/h3-7H,1H2,2H3;3-4H,1-2H2. The van der Waals surface area contributed by atoms with E-state index >= 15 is 0 Å². The van der Waals surface area contributed by atoms with Gasteiger partial charge in [0, 0.05) is 0 Å². The summed E-state index contributed by atoms with van der Waals surface area (Å²) in [6, 6.07) is 10.2. The van der Waals surface area contributed by atoms with Crippen molar-refractivity contribution >= 4 is 5.57 Å². The molecule has 72 valence electrons. The van der Waals surface area contributed by atoms with Gasteiger partial charge in [-0.3, -0.25) is 0 Å². The van der Waals surface area contributed by atoms with Crippen molar-refractivity contribution in [1.82, 2.24) is 0 Å². The Balaban J connectivity index is 0.000000310. The monoisotopic (exact) mass is 180 g/mol. The molecule has 0 amide bonds. The zero-order valence-corrected chi connectivity index (χ0v) is 7.90. The van der Waals surface area contributed by atoms with Crippen LogP contribution in [0.15, 0.2) is 36.9 Å². The van der Waals surface area contributed by atoms with Gasteiger partial charge in [0.05, 0.1) is 13.2 Å². The maximum Gasteiger partial charge on any atom is 0.0662 e. The van der Waals surface area contributed by atoms with Gasteiger partial charge < -0.3 is 10.2 Å². The SMILES string of the molecule is C=C(C)c1ccccc1.OCCO. The van der Waals surface area contributed by atoms with Crippen LogP contribution in [0.25, 0.3) is 5.57 Å². The van der Waals surface area contributed by atoms with E-state index in [4.69, 9.17) is 10.2 Å². The van der Waals surface area contributed by atoms with Crippen molar-refractivity contribution in [2.45, 2.75) is 6.92 Å². The van der Waals surface area contributed by atoms with Crippen LogP contribution < -0.4 is 0 Å². The lowest BCUT2D eigenvalue weighted by molar-refractivity contribution is 0.186. The van der Waals surface area contributed by atoms with Gasteiger partial charge >= 0.3 is 0 Å². The van der Waals surface area contributed by atoms with Gasteiger partial charge in [-0.25, -0.2) is 0 Å². The second-order valence-electron chi connectivity index (χ2n) is 2.59. The van der Waals surface area contributed by atoms with Crippen molar-refractivity contribution in [3.05, 3.63) is 42.5 Å². The molecule has 0 bridgehead atoms. The molecule has 13 heavy (non-hydrogen) atoms. The van der Waals surface area contributed by atoms with Crippen LogP contribution in [0.5, 0.6) is 0 Å². The average molecular weight is 180 g/mol. The second kappa shape index (κ2) is 7.53. The smallest absolute Gasteiger partial charge is 0.0662 e. The maximum atomic E-state index is 7.62. The molecule has 0 unspecified atom stereocenters. The first-order valence-corrected chi connectivity index (χ1v) is 4.15. The van der Waals surface area contributed by atoms with Crippen molar-refractivity contribution in [2.24, 2.45) is 0 Å². The Morgan fingerprint density at radius 2 is 1.62 bits per heavy atom. The highest BCUT2D eigenvalue weighted by atomic mass is 16.3. The predicted octanol–water partition coefficient (Wildman–Crippen LogP) is 1.69. The van der Waals surface area contributed by atoms with Gasteiger partial charge in [-0.1, -0.05) is 42.5 Å². The van der Waals surface area contributed by atoms with Crippen LogP contribution in [-0.2, 0) is 0 Å². The van der Waals surface area contributed by atoms with Gasteiger partial charge in [-0.2, -0.15) is 0 Å². The van der Waals surface area contributed by atoms with E-state index in [-0.39, 0.29) is 13.2 Å². The minimum atomic E-state index is -0.125. The van der Waals surface area contributed by atoms with Crippen LogP contribution in [0.4, 0.5) is 0 Å². The molecular weight excluding hydrogens is 164 g/mol. The number of rotatable bonds is 2. The number of hydrogen-bond acceptors (Lipinski definition) is 2. The zero-order valence-electron chi connectivity index (χ0n) is 7.90. The van der Waals surface area contributed by atoms with Crippen LogP contribution in [-0.4, -0.2) is 23.4 Å². The van der Waals surface area contributed by atoms with Crippen LogP contribution in [0.3, 0.4) is 0 Å². The Morgan fingerprint density at radius 3 is 1.85 bits per heavy atom. The van der Waals surface area contributed by atoms with Crippen molar-refractivity contribution in [2.75, 3.05) is 13.2 Å². The fourth-order valence-electron chi connectivity index (χ4n) is 0.723. The van der Waals surface area contributed by atoms with E-state index < -0.39 is 0 Å². The Kier molecular flexibility index (Phi) is 6.88. The van der Waals surface area contributed by atoms with E-state index in [0.717, 1.165) is 5.57 Å². The van der Waals surface area contributed by atoms with E-state index in [9.17, 15) is 0 Å². The molecule has 0 saturated carbocycles. The van der Waals surface area contributed by atoms with E-state index in [1.165, 1.54) is 5.56 Å². The first-order chi connectivity index (χ1) is 6.22. The Hall–Kier alpha value is -1.12. The molecule has 2 nitrogen and oxygen atoms in total. The van der Waals surface area contributed by atoms with Gasteiger partial charge in [0.15, 0.2) is 0 Å². The molecule has 0 fully saturated rings. The molecule has 0 spiro atoms. The summed E-state index contributed by atoms with van der Waals surface area (Å²) >= 11 is 0. The van der Waals surface area contributed by atoms with Crippen molar-refractivity contribution in [1.29, 1.82) is 0 Å². The minimum Gasteiger partial charge on any atom is -0.394 e. The van der Waals surface area contributed by atoms with E-state index in [1.54, 1.807) is 0 Å². The molecule has 0 aliphatic heterocycles. The number of hydrogen-bond donors (Lipinski definition) is 2. The van der Waals surface area contributed by atoms with Gasteiger partial charge in [0.2, 0.25) is 0 Å². The van der Waals surface area contributed by atoms with Crippen molar-refractivity contribution < 1.29 is 10.2 Å². The third kappa shape index (κ3) is 6.08. The summed E-state index contributed by atoms with van der Waals surface area (Å²) in [5.74, 6) is 0. The lowest BCUT2D eigenvalue weighted by Gasteiger charge is -1.94. The normalized spacial score (nSPS) is 8.54. The molecule has 1 aromatic rings. The van der Waals surface area contributed by atoms with Crippen molar-refractivity contribution in [3.8, 4) is 0 Å². The molecule has 0 aliphatic carbocycles. The minimum absolute atomic E-state index is 0.125. The topological polar surface area (TPSA) is 40.5 Å². The molecule has 2 N–H and O–H groups in total. The molecule has 2 heteroatoms. The van der Waals surface area contributed by atoms with Crippen LogP contribution in [0.2, 0.25) is 0 Å². The first-order valence-electron chi connectivity index (χ1n) is 4.15. The van der Waals surface area contributed by atoms with Crippen LogP contribution >= 0.6 is 0 Å². The lowest BCUT2D eigenvalue weighted by atomic mass is 10.1. The summed E-state index contributed by atoms with van der Waals surface area (Å²) in [5, 5.41) is 15.2. The van der Waals surface area contributed by atoms with E-state index in [1.807, 2.05) is 25.1 Å². The zero-order chi connectivity index (χ0) is 10.1. The van der Waals surface area contributed by atoms with Gasteiger partial charge in [0.25, 0.3) is 0 Å². The van der Waals surface area contributed by atoms with Gasteiger partial charge in [-0.05, 0) is 12.5 Å². The molecule has 0 saturated heterocycles. The maximum absolute atomic E-state index is 7.62. The predicted molar refractivity (Wildman–Crippen MR) is 55.3 cm³/mol. The third-order valence-electron chi connectivity index (χ3n) is 1.37. The van der Waals surface area contributed by atoms with Crippen LogP contribution in [0.1, 0.15) is 12.5 Å². The molecule has 0 aromatic heterocycles. The number of allylic oxidation sites excluding steroid dienone is 1. The molecule has 0 atom stereocenters. The molecule has 0 radical (unpaired) electrons. The second-order valence-corrected chi connectivity index (χ2v) is 2.59. The Morgan fingerprint density at radius 1 is 1.15 bits per heavy atom. The summed E-state index contributed by atoms with van der Waals surface area (Å²) in [7, 11) is 0. The first kappa shape index (κ1) is 11.9. The van der Waals surface area contributed by atoms with Crippen molar-refractivity contribution in [3.63, 3.8) is 0 Å². The molecule has 0 heterocycles. The third-order valence-corrected chi connectivity index (χ3v) is 1.37. The molecule has 1 aromatic carbocycles. The molecule has 1 rings (SSSR count). The molecule has 0 aliphatic rings.